The molecular weight excluding hydrogens is 360 g/mol. The Morgan fingerprint density at radius 3 is 2.38 bits per heavy atom. The summed E-state index contributed by atoms with van der Waals surface area (Å²) >= 11 is 0. The zero-order valence-corrected chi connectivity index (χ0v) is 16.5. The Morgan fingerprint density at radius 2 is 1.69 bits per heavy atom. The van der Waals surface area contributed by atoms with E-state index >= 15 is 0 Å². The lowest BCUT2D eigenvalue weighted by Crippen LogP contribution is -2.35. The molecule has 1 aromatic carbocycles. The Bertz CT molecular complexity index is 962. The molecule has 2 aromatic heterocycles. The lowest BCUT2D eigenvalue weighted by atomic mass is 10.0. The summed E-state index contributed by atoms with van der Waals surface area (Å²) in [5.41, 5.74) is 4.68. The maximum Gasteiger partial charge on any atom is 0.132 e. The third-order valence-electron chi connectivity index (χ3n) is 5.81. The number of pyridine rings is 2. The van der Waals surface area contributed by atoms with Crippen molar-refractivity contribution in [1.82, 2.24) is 9.97 Å². The average Bonchev–Trinajstić information content (AvgIpc) is 3.61. The van der Waals surface area contributed by atoms with Crippen LogP contribution in [0, 0.1) is 0 Å². The Morgan fingerprint density at radius 1 is 0.897 bits per heavy atom. The third kappa shape index (κ3) is 4.25. The third-order valence-corrected chi connectivity index (χ3v) is 5.81. The number of aromatic nitrogens is 2. The molecule has 2 fully saturated rings. The lowest BCUT2D eigenvalue weighted by molar-refractivity contribution is 0.145. The first kappa shape index (κ1) is 18.1. The molecule has 1 saturated heterocycles. The molecule has 1 saturated carbocycles. The van der Waals surface area contributed by atoms with E-state index in [0.29, 0.717) is 5.92 Å². The zero-order valence-electron chi connectivity index (χ0n) is 16.5. The van der Waals surface area contributed by atoms with E-state index in [4.69, 9.17) is 4.98 Å². The summed E-state index contributed by atoms with van der Waals surface area (Å²) in [6.45, 7) is 1.82. The average molecular weight is 386 g/mol. The molecule has 2 N–H and O–H groups in total. The summed E-state index contributed by atoms with van der Waals surface area (Å²) < 4.78 is 0. The zero-order chi connectivity index (χ0) is 19.6. The van der Waals surface area contributed by atoms with Crippen molar-refractivity contribution in [1.29, 1.82) is 0 Å². The van der Waals surface area contributed by atoms with Crippen molar-refractivity contribution < 1.29 is 5.11 Å². The van der Waals surface area contributed by atoms with E-state index in [1.165, 1.54) is 24.1 Å². The molecule has 3 aromatic rings. The number of benzene rings is 1. The summed E-state index contributed by atoms with van der Waals surface area (Å²) in [6.07, 6.45) is 5.83. The van der Waals surface area contributed by atoms with E-state index in [2.05, 4.69) is 51.6 Å². The van der Waals surface area contributed by atoms with Gasteiger partial charge in [-0.1, -0.05) is 18.2 Å². The molecule has 0 atom stereocenters. The van der Waals surface area contributed by atoms with Crippen molar-refractivity contribution in [2.24, 2.45) is 0 Å². The fourth-order valence-electron chi connectivity index (χ4n) is 3.95. The number of hydrogen-bond acceptors (Lipinski definition) is 5. The molecule has 29 heavy (non-hydrogen) atoms. The van der Waals surface area contributed by atoms with Gasteiger partial charge >= 0.3 is 0 Å². The molecule has 5 nitrogen and oxygen atoms in total. The number of hydrogen-bond donors (Lipinski definition) is 2. The SMILES string of the molecule is OC1CCN(c2ccc(-c3cc(C4CC4)cc(Nc4ccccn4)n3)cc2)CC1. The number of nitrogens with zero attached hydrogens (tertiary/aromatic N) is 3. The van der Waals surface area contributed by atoms with Crippen LogP contribution in [-0.4, -0.2) is 34.3 Å². The number of aliphatic hydroxyl groups is 1. The van der Waals surface area contributed by atoms with Gasteiger partial charge in [-0.15, -0.1) is 0 Å². The number of aliphatic hydroxyl groups excluding tert-OH is 1. The van der Waals surface area contributed by atoms with Gasteiger partial charge in [-0.2, -0.15) is 0 Å². The van der Waals surface area contributed by atoms with Crippen LogP contribution in [0.1, 0.15) is 37.2 Å². The summed E-state index contributed by atoms with van der Waals surface area (Å²) in [7, 11) is 0. The topological polar surface area (TPSA) is 61.3 Å². The van der Waals surface area contributed by atoms with Crippen LogP contribution in [0.3, 0.4) is 0 Å². The van der Waals surface area contributed by atoms with Crippen LogP contribution in [0.25, 0.3) is 11.3 Å². The quantitative estimate of drug-likeness (QED) is 0.664. The molecule has 5 rings (SSSR count). The van der Waals surface area contributed by atoms with Crippen molar-refractivity contribution in [3.63, 3.8) is 0 Å². The minimum Gasteiger partial charge on any atom is -0.393 e. The molecule has 5 heteroatoms. The Balaban J connectivity index is 1.41. The summed E-state index contributed by atoms with van der Waals surface area (Å²) in [5.74, 6) is 2.30. The van der Waals surface area contributed by atoms with Gasteiger partial charge in [0.05, 0.1) is 11.8 Å². The molecule has 148 valence electrons. The Kier molecular flexibility index (Phi) is 4.90. The van der Waals surface area contributed by atoms with Crippen molar-refractivity contribution in [3.8, 4) is 11.3 Å². The predicted molar refractivity (Wildman–Crippen MR) is 117 cm³/mol. The standard InChI is InChI=1S/C24H26N4O/c29-21-10-13-28(14-11-21)20-8-6-18(7-9-20)22-15-19(17-4-5-17)16-24(26-22)27-23-3-1-2-12-25-23/h1-3,6-9,12,15-17,21,29H,4-5,10-11,13-14H2,(H,25,26,27). The number of nitrogens with one attached hydrogen (secondary N) is 1. The van der Waals surface area contributed by atoms with Crippen LogP contribution >= 0.6 is 0 Å². The van der Waals surface area contributed by atoms with E-state index in [9.17, 15) is 5.11 Å². The molecular formula is C24H26N4O. The normalized spacial score (nSPS) is 17.3. The van der Waals surface area contributed by atoms with Gasteiger partial charge in [0.15, 0.2) is 0 Å². The maximum absolute atomic E-state index is 9.73. The van der Waals surface area contributed by atoms with Gasteiger partial charge in [0.1, 0.15) is 11.6 Å². The summed E-state index contributed by atoms with van der Waals surface area (Å²) in [4.78, 5) is 11.6. The fourth-order valence-corrected chi connectivity index (χ4v) is 3.95. The lowest BCUT2D eigenvalue weighted by Gasteiger charge is -2.31. The first-order chi connectivity index (χ1) is 14.2. The van der Waals surface area contributed by atoms with Gasteiger partial charge < -0.3 is 15.3 Å². The minimum absolute atomic E-state index is 0.148. The molecule has 2 aliphatic rings. The van der Waals surface area contributed by atoms with Gasteiger partial charge in [-0.3, -0.25) is 0 Å². The fraction of sp³-hybridized carbons (Fsp3) is 0.333. The number of piperidine rings is 1. The highest BCUT2D eigenvalue weighted by Gasteiger charge is 2.25. The van der Waals surface area contributed by atoms with Gasteiger partial charge in [0, 0.05) is 30.5 Å². The second-order valence-electron chi connectivity index (χ2n) is 8.05. The predicted octanol–water partition coefficient (Wildman–Crippen LogP) is 4.73. The van der Waals surface area contributed by atoms with E-state index in [1.54, 1.807) is 6.20 Å². The monoisotopic (exact) mass is 386 g/mol. The van der Waals surface area contributed by atoms with Crippen LogP contribution in [0.4, 0.5) is 17.3 Å². The largest absolute Gasteiger partial charge is 0.393 e. The van der Waals surface area contributed by atoms with Gasteiger partial charge in [-0.25, -0.2) is 9.97 Å². The van der Waals surface area contributed by atoms with E-state index < -0.39 is 0 Å². The van der Waals surface area contributed by atoms with E-state index in [1.807, 2.05) is 18.2 Å². The number of rotatable bonds is 5. The smallest absolute Gasteiger partial charge is 0.132 e. The first-order valence-electron chi connectivity index (χ1n) is 10.5. The minimum atomic E-state index is -0.148. The highest BCUT2D eigenvalue weighted by atomic mass is 16.3. The molecule has 1 aliphatic carbocycles. The summed E-state index contributed by atoms with van der Waals surface area (Å²) in [6, 6.07) is 18.9. The molecule has 1 aliphatic heterocycles. The second kappa shape index (κ2) is 7.84. The highest BCUT2D eigenvalue weighted by Crippen LogP contribution is 2.42. The van der Waals surface area contributed by atoms with Crippen LogP contribution in [0.2, 0.25) is 0 Å². The molecule has 0 bridgehead atoms. The van der Waals surface area contributed by atoms with Crippen molar-refractivity contribution in [2.45, 2.75) is 37.7 Å². The van der Waals surface area contributed by atoms with Gasteiger partial charge in [-0.05, 0) is 73.6 Å². The molecule has 0 unspecified atom stereocenters. The second-order valence-corrected chi connectivity index (χ2v) is 8.05. The van der Waals surface area contributed by atoms with Crippen LogP contribution in [0.5, 0.6) is 0 Å². The van der Waals surface area contributed by atoms with Crippen molar-refractivity contribution in [3.05, 3.63) is 66.4 Å². The Hall–Kier alpha value is -2.92. The first-order valence-corrected chi connectivity index (χ1v) is 10.5. The maximum atomic E-state index is 9.73. The molecule has 0 amide bonds. The van der Waals surface area contributed by atoms with Gasteiger partial charge in [0.25, 0.3) is 0 Å². The van der Waals surface area contributed by atoms with E-state index in [-0.39, 0.29) is 6.10 Å². The molecule has 0 spiro atoms. The molecule has 0 radical (unpaired) electrons. The number of anilines is 3. The van der Waals surface area contributed by atoms with Crippen LogP contribution in [0.15, 0.2) is 60.8 Å². The Labute approximate surface area is 171 Å². The van der Waals surface area contributed by atoms with Crippen LogP contribution < -0.4 is 10.2 Å². The van der Waals surface area contributed by atoms with E-state index in [0.717, 1.165) is 48.8 Å². The van der Waals surface area contributed by atoms with Crippen molar-refractivity contribution in [2.75, 3.05) is 23.3 Å². The van der Waals surface area contributed by atoms with Crippen LogP contribution in [-0.2, 0) is 0 Å². The summed E-state index contributed by atoms with van der Waals surface area (Å²) in [5, 5.41) is 13.1. The van der Waals surface area contributed by atoms with Crippen molar-refractivity contribution >= 4 is 17.3 Å². The highest BCUT2D eigenvalue weighted by molar-refractivity contribution is 5.67. The molecule has 3 heterocycles. The van der Waals surface area contributed by atoms with Gasteiger partial charge in [0.2, 0.25) is 0 Å².